The van der Waals surface area contributed by atoms with Crippen LogP contribution in [0, 0.1) is 0 Å². The number of ether oxygens (including phenoxy) is 1. The van der Waals surface area contributed by atoms with Gasteiger partial charge in [0.1, 0.15) is 5.75 Å². The van der Waals surface area contributed by atoms with Crippen LogP contribution in [0.3, 0.4) is 0 Å². The minimum Gasteiger partial charge on any atom is -0.410 e. The van der Waals surface area contributed by atoms with Crippen LogP contribution in [-0.4, -0.2) is 17.6 Å². The van der Waals surface area contributed by atoms with E-state index in [1.54, 1.807) is 12.3 Å². The average molecular weight is 272 g/mol. The molecule has 106 valence electrons. The van der Waals surface area contributed by atoms with Gasteiger partial charge in [0.2, 0.25) is 0 Å². The molecule has 0 unspecified atom stereocenters. The van der Waals surface area contributed by atoms with Gasteiger partial charge < -0.3 is 10.1 Å². The number of rotatable bonds is 6. The van der Waals surface area contributed by atoms with Crippen LogP contribution in [-0.2, 0) is 0 Å². The summed E-state index contributed by atoms with van der Waals surface area (Å²) in [6.07, 6.45) is 5.86. The van der Waals surface area contributed by atoms with E-state index in [9.17, 15) is 4.79 Å². The van der Waals surface area contributed by atoms with Crippen molar-refractivity contribution in [2.45, 2.75) is 32.6 Å². The fourth-order valence-electron chi connectivity index (χ4n) is 2.00. The highest BCUT2D eigenvalue weighted by Gasteiger charge is 2.04. The van der Waals surface area contributed by atoms with Crippen LogP contribution in [0.25, 0.3) is 10.9 Å². The molecular weight excluding hydrogens is 252 g/mol. The third kappa shape index (κ3) is 4.23. The maximum atomic E-state index is 11.6. The Balaban J connectivity index is 1.83. The van der Waals surface area contributed by atoms with Gasteiger partial charge in [-0.1, -0.05) is 32.3 Å². The number of hydrogen-bond donors (Lipinski definition) is 1. The van der Waals surface area contributed by atoms with Gasteiger partial charge in [-0.3, -0.25) is 4.98 Å². The van der Waals surface area contributed by atoms with E-state index in [4.69, 9.17) is 4.74 Å². The molecule has 1 N–H and O–H groups in total. The zero-order chi connectivity index (χ0) is 14.2. The lowest BCUT2D eigenvalue weighted by atomic mass is 10.2. The first-order valence-corrected chi connectivity index (χ1v) is 7.10. The Hall–Kier alpha value is -2.10. The summed E-state index contributed by atoms with van der Waals surface area (Å²) >= 11 is 0. The summed E-state index contributed by atoms with van der Waals surface area (Å²) < 4.78 is 5.25. The van der Waals surface area contributed by atoms with Gasteiger partial charge in [-0.05, 0) is 30.7 Å². The van der Waals surface area contributed by atoms with E-state index in [2.05, 4.69) is 17.2 Å². The summed E-state index contributed by atoms with van der Waals surface area (Å²) in [6.45, 7) is 2.82. The molecule has 0 saturated carbocycles. The van der Waals surface area contributed by atoms with Crippen molar-refractivity contribution in [2.75, 3.05) is 6.54 Å². The molecule has 20 heavy (non-hydrogen) atoms. The predicted molar refractivity (Wildman–Crippen MR) is 79.9 cm³/mol. The van der Waals surface area contributed by atoms with Crippen molar-refractivity contribution in [1.29, 1.82) is 0 Å². The highest BCUT2D eigenvalue weighted by atomic mass is 16.5. The third-order valence-corrected chi connectivity index (χ3v) is 3.08. The van der Waals surface area contributed by atoms with Crippen LogP contribution in [0.15, 0.2) is 36.5 Å². The first-order chi connectivity index (χ1) is 9.79. The quantitative estimate of drug-likeness (QED) is 0.811. The monoisotopic (exact) mass is 272 g/mol. The van der Waals surface area contributed by atoms with E-state index in [0.29, 0.717) is 12.3 Å². The first-order valence-electron chi connectivity index (χ1n) is 7.10. The summed E-state index contributed by atoms with van der Waals surface area (Å²) in [6, 6.07) is 9.22. The standard InChI is InChI=1S/C16H20N2O2/c1-2-3-4-5-10-18-16(19)20-14-8-9-15-13(12-14)7-6-11-17-15/h6-9,11-12H,2-5,10H2,1H3,(H,18,19). The zero-order valence-electron chi connectivity index (χ0n) is 11.8. The first kappa shape index (κ1) is 14.3. The maximum Gasteiger partial charge on any atom is 0.412 e. The van der Waals surface area contributed by atoms with Crippen LogP contribution in [0.1, 0.15) is 32.6 Å². The molecule has 1 aromatic heterocycles. The second kappa shape index (κ2) is 7.48. The Kier molecular flexibility index (Phi) is 5.35. The largest absolute Gasteiger partial charge is 0.412 e. The number of unbranched alkanes of at least 4 members (excludes halogenated alkanes) is 3. The topological polar surface area (TPSA) is 51.2 Å². The number of aromatic nitrogens is 1. The Labute approximate surface area is 119 Å². The highest BCUT2D eigenvalue weighted by Crippen LogP contribution is 2.18. The maximum absolute atomic E-state index is 11.6. The van der Waals surface area contributed by atoms with Gasteiger partial charge >= 0.3 is 6.09 Å². The molecule has 1 aromatic carbocycles. The summed E-state index contributed by atoms with van der Waals surface area (Å²) in [7, 11) is 0. The van der Waals surface area contributed by atoms with Gasteiger partial charge in [-0.25, -0.2) is 4.79 Å². The molecular formula is C16H20N2O2. The van der Waals surface area contributed by atoms with Gasteiger partial charge in [0.15, 0.2) is 0 Å². The van der Waals surface area contributed by atoms with Crippen molar-refractivity contribution < 1.29 is 9.53 Å². The summed E-state index contributed by atoms with van der Waals surface area (Å²) in [5.74, 6) is 0.538. The van der Waals surface area contributed by atoms with Gasteiger partial charge in [0.05, 0.1) is 5.52 Å². The molecule has 2 rings (SSSR count). The number of nitrogens with zero attached hydrogens (tertiary/aromatic N) is 1. The van der Waals surface area contributed by atoms with Gasteiger partial charge in [-0.15, -0.1) is 0 Å². The number of nitrogens with one attached hydrogen (secondary N) is 1. The minimum absolute atomic E-state index is 0.398. The number of hydrogen-bond acceptors (Lipinski definition) is 3. The normalized spacial score (nSPS) is 10.4. The predicted octanol–water partition coefficient (Wildman–Crippen LogP) is 3.90. The van der Waals surface area contributed by atoms with E-state index in [-0.39, 0.29) is 0 Å². The molecule has 2 aromatic rings. The minimum atomic E-state index is -0.398. The summed E-state index contributed by atoms with van der Waals surface area (Å²) in [4.78, 5) is 15.9. The number of benzene rings is 1. The molecule has 0 aliphatic carbocycles. The second-order valence-electron chi connectivity index (χ2n) is 4.73. The van der Waals surface area contributed by atoms with Crippen LogP contribution in [0.2, 0.25) is 0 Å². The van der Waals surface area contributed by atoms with Crippen molar-refractivity contribution in [1.82, 2.24) is 10.3 Å². The third-order valence-electron chi connectivity index (χ3n) is 3.08. The average Bonchev–Trinajstić information content (AvgIpc) is 2.47. The van der Waals surface area contributed by atoms with E-state index in [0.717, 1.165) is 23.7 Å². The van der Waals surface area contributed by atoms with Crippen molar-refractivity contribution in [3.63, 3.8) is 0 Å². The van der Waals surface area contributed by atoms with Crippen LogP contribution in [0.5, 0.6) is 5.75 Å². The Bertz CT molecular complexity index is 569. The lowest BCUT2D eigenvalue weighted by Crippen LogP contribution is -2.27. The van der Waals surface area contributed by atoms with Gasteiger partial charge in [0, 0.05) is 18.1 Å². The smallest absolute Gasteiger partial charge is 0.410 e. The number of carbonyl (C=O) groups excluding carboxylic acids is 1. The molecule has 0 saturated heterocycles. The molecule has 0 aliphatic rings. The molecule has 4 nitrogen and oxygen atoms in total. The molecule has 1 amide bonds. The Morgan fingerprint density at radius 2 is 2.15 bits per heavy atom. The summed E-state index contributed by atoms with van der Waals surface area (Å²) in [5, 5.41) is 3.72. The SMILES string of the molecule is CCCCCCNC(=O)Oc1ccc2ncccc2c1. The number of pyridine rings is 1. The highest BCUT2D eigenvalue weighted by molar-refractivity contribution is 5.81. The van der Waals surface area contributed by atoms with Crippen molar-refractivity contribution in [2.24, 2.45) is 0 Å². The molecule has 0 aliphatic heterocycles. The molecule has 0 radical (unpaired) electrons. The molecule has 0 atom stereocenters. The van der Waals surface area contributed by atoms with Crippen LogP contribution >= 0.6 is 0 Å². The van der Waals surface area contributed by atoms with Gasteiger partial charge in [0.25, 0.3) is 0 Å². The van der Waals surface area contributed by atoms with E-state index < -0.39 is 6.09 Å². The summed E-state index contributed by atoms with van der Waals surface area (Å²) in [5.41, 5.74) is 0.889. The number of amides is 1. The van der Waals surface area contributed by atoms with Crippen LogP contribution in [0.4, 0.5) is 4.79 Å². The molecule has 0 fully saturated rings. The van der Waals surface area contributed by atoms with Crippen LogP contribution < -0.4 is 10.1 Å². The molecule has 0 bridgehead atoms. The fourth-order valence-corrected chi connectivity index (χ4v) is 2.00. The number of fused-ring (bicyclic) bond motifs is 1. The van der Waals surface area contributed by atoms with E-state index in [1.807, 2.05) is 24.3 Å². The van der Waals surface area contributed by atoms with Crippen molar-refractivity contribution >= 4 is 17.0 Å². The zero-order valence-corrected chi connectivity index (χ0v) is 11.8. The van der Waals surface area contributed by atoms with E-state index in [1.165, 1.54) is 12.8 Å². The Morgan fingerprint density at radius 3 is 3.00 bits per heavy atom. The molecule has 0 spiro atoms. The van der Waals surface area contributed by atoms with E-state index >= 15 is 0 Å². The number of carbonyl (C=O) groups is 1. The lowest BCUT2D eigenvalue weighted by Gasteiger charge is -2.07. The molecule has 1 heterocycles. The fraction of sp³-hybridized carbons (Fsp3) is 0.375. The Morgan fingerprint density at radius 1 is 1.25 bits per heavy atom. The van der Waals surface area contributed by atoms with Crippen molar-refractivity contribution in [3.05, 3.63) is 36.5 Å². The lowest BCUT2D eigenvalue weighted by molar-refractivity contribution is 0.200. The van der Waals surface area contributed by atoms with Crippen molar-refractivity contribution in [3.8, 4) is 5.75 Å². The second-order valence-corrected chi connectivity index (χ2v) is 4.73. The molecule has 4 heteroatoms. The van der Waals surface area contributed by atoms with Gasteiger partial charge in [-0.2, -0.15) is 0 Å².